The third-order valence-electron chi connectivity index (χ3n) is 4.07. The Morgan fingerprint density at radius 2 is 1.90 bits per heavy atom. The van der Waals surface area contributed by atoms with Crippen LogP contribution in [-0.2, 0) is 16.6 Å². The Morgan fingerprint density at radius 1 is 1.35 bits per heavy atom. The number of rotatable bonds is 3. The Kier molecular flexibility index (Phi) is 4.56. The number of hydrogen-bond donors (Lipinski definition) is 1. The molecule has 0 spiro atoms. The van der Waals surface area contributed by atoms with Crippen LogP contribution < -0.4 is 5.73 Å². The maximum absolute atomic E-state index is 12.8. The van der Waals surface area contributed by atoms with E-state index in [0.29, 0.717) is 24.5 Å². The highest BCUT2D eigenvalue weighted by atomic mass is 32.2. The van der Waals surface area contributed by atoms with Crippen LogP contribution >= 0.6 is 11.3 Å². The zero-order valence-corrected chi connectivity index (χ0v) is 14.1. The molecule has 2 N–H and O–H groups in total. The van der Waals surface area contributed by atoms with Gasteiger partial charge in [-0.3, -0.25) is 4.90 Å². The van der Waals surface area contributed by atoms with Gasteiger partial charge in [0.15, 0.2) is 0 Å². The number of thiophene rings is 1. The molecule has 1 aromatic rings. The lowest BCUT2D eigenvalue weighted by Crippen LogP contribution is -2.56. The van der Waals surface area contributed by atoms with Gasteiger partial charge < -0.3 is 5.73 Å². The lowest BCUT2D eigenvalue weighted by molar-refractivity contribution is 0.105. The topological polar surface area (TPSA) is 66.6 Å². The van der Waals surface area contributed by atoms with E-state index in [2.05, 4.69) is 18.7 Å². The van der Waals surface area contributed by atoms with Crippen LogP contribution in [0, 0.1) is 6.92 Å². The molecular weight excluding hydrogens is 294 g/mol. The molecule has 0 bridgehead atoms. The Balaban J connectivity index is 2.33. The summed E-state index contributed by atoms with van der Waals surface area (Å²) < 4.78 is 27.2. The fourth-order valence-electron chi connectivity index (χ4n) is 2.57. The van der Waals surface area contributed by atoms with Crippen LogP contribution in [0.25, 0.3) is 0 Å². The first kappa shape index (κ1) is 15.9. The van der Waals surface area contributed by atoms with Crippen molar-refractivity contribution in [2.24, 2.45) is 5.73 Å². The van der Waals surface area contributed by atoms with E-state index in [9.17, 15) is 8.42 Å². The number of piperazine rings is 1. The molecule has 1 saturated heterocycles. The van der Waals surface area contributed by atoms with Gasteiger partial charge in [0.2, 0.25) is 10.0 Å². The third kappa shape index (κ3) is 2.78. The predicted octanol–water partition coefficient (Wildman–Crippen LogP) is 1.23. The smallest absolute Gasteiger partial charge is 0.244 e. The summed E-state index contributed by atoms with van der Waals surface area (Å²) in [5.74, 6) is 0. The van der Waals surface area contributed by atoms with Crippen molar-refractivity contribution in [2.45, 2.75) is 44.3 Å². The minimum absolute atomic E-state index is 0.224. The van der Waals surface area contributed by atoms with Crippen LogP contribution in [0.4, 0.5) is 0 Å². The summed E-state index contributed by atoms with van der Waals surface area (Å²) in [6.45, 7) is 7.43. The van der Waals surface area contributed by atoms with Gasteiger partial charge in [-0.2, -0.15) is 4.31 Å². The molecule has 7 heteroatoms. The molecule has 0 amide bonds. The number of aryl methyl sites for hydroxylation is 1. The van der Waals surface area contributed by atoms with Crippen molar-refractivity contribution < 1.29 is 8.42 Å². The molecule has 1 aromatic heterocycles. The second-order valence-electron chi connectivity index (χ2n) is 5.52. The minimum Gasteiger partial charge on any atom is -0.326 e. The van der Waals surface area contributed by atoms with Crippen molar-refractivity contribution in [1.82, 2.24) is 9.21 Å². The summed E-state index contributed by atoms with van der Waals surface area (Å²) in [5.41, 5.74) is 5.61. The van der Waals surface area contributed by atoms with Gasteiger partial charge in [0, 0.05) is 41.5 Å². The van der Waals surface area contributed by atoms with E-state index in [1.807, 2.05) is 14.0 Å². The zero-order chi connectivity index (χ0) is 15.1. The van der Waals surface area contributed by atoms with Gasteiger partial charge in [-0.15, -0.1) is 11.3 Å². The van der Waals surface area contributed by atoms with Gasteiger partial charge in [0.05, 0.1) is 4.90 Å². The Labute approximate surface area is 125 Å². The van der Waals surface area contributed by atoms with Gasteiger partial charge in [-0.25, -0.2) is 8.42 Å². The SMILES string of the molecule is Cc1sc(CN)cc1S(=O)(=O)N1CC(C)N(C)C(C)C1. The molecule has 2 unspecified atom stereocenters. The van der Waals surface area contributed by atoms with E-state index < -0.39 is 10.0 Å². The van der Waals surface area contributed by atoms with Crippen LogP contribution in [0.15, 0.2) is 11.0 Å². The molecule has 2 heterocycles. The fraction of sp³-hybridized carbons (Fsp3) is 0.692. The van der Waals surface area contributed by atoms with Gasteiger partial charge in [-0.1, -0.05) is 0 Å². The highest BCUT2D eigenvalue weighted by Crippen LogP contribution is 2.29. The summed E-state index contributed by atoms with van der Waals surface area (Å²) in [7, 11) is -1.37. The van der Waals surface area contributed by atoms with Crippen LogP contribution in [0.3, 0.4) is 0 Å². The summed E-state index contributed by atoms with van der Waals surface area (Å²) in [6, 6.07) is 2.17. The highest BCUT2D eigenvalue weighted by Gasteiger charge is 2.35. The van der Waals surface area contributed by atoms with Crippen molar-refractivity contribution >= 4 is 21.4 Å². The lowest BCUT2D eigenvalue weighted by Gasteiger charge is -2.41. The third-order valence-corrected chi connectivity index (χ3v) is 7.23. The summed E-state index contributed by atoms with van der Waals surface area (Å²) in [4.78, 5) is 4.38. The molecule has 1 aliphatic rings. The number of nitrogens with zero attached hydrogens (tertiary/aromatic N) is 2. The lowest BCUT2D eigenvalue weighted by atomic mass is 10.1. The van der Waals surface area contributed by atoms with Crippen LogP contribution in [0.5, 0.6) is 0 Å². The molecule has 2 rings (SSSR count). The van der Waals surface area contributed by atoms with E-state index in [1.165, 1.54) is 11.3 Å². The summed E-state index contributed by atoms with van der Waals surface area (Å²) in [5, 5.41) is 0. The van der Waals surface area contributed by atoms with Crippen molar-refractivity contribution in [2.75, 3.05) is 20.1 Å². The molecular formula is C13H23N3O2S2. The van der Waals surface area contributed by atoms with Gasteiger partial charge >= 0.3 is 0 Å². The number of hydrogen-bond acceptors (Lipinski definition) is 5. The first-order chi connectivity index (χ1) is 9.27. The zero-order valence-electron chi connectivity index (χ0n) is 12.5. The molecule has 0 radical (unpaired) electrons. The minimum atomic E-state index is -3.41. The van der Waals surface area contributed by atoms with E-state index in [0.717, 1.165) is 9.75 Å². The van der Waals surface area contributed by atoms with E-state index >= 15 is 0 Å². The second kappa shape index (κ2) is 5.73. The van der Waals surface area contributed by atoms with E-state index in [-0.39, 0.29) is 12.1 Å². The van der Waals surface area contributed by atoms with Crippen molar-refractivity contribution in [3.8, 4) is 0 Å². The molecule has 20 heavy (non-hydrogen) atoms. The molecule has 0 aromatic carbocycles. The summed E-state index contributed by atoms with van der Waals surface area (Å²) >= 11 is 1.47. The predicted molar refractivity (Wildman–Crippen MR) is 82.4 cm³/mol. The largest absolute Gasteiger partial charge is 0.326 e. The van der Waals surface area contributed by atoms with Gasteiger partial charge in [0.1, 0.15) is 0 Å². The Bertz CT molecular complexity index is 570. The maximum atomic E-state index is 12.8. The first-order valence-electron chi connectivity index (χ1n) is 6.78. The number of sulfonamides is 1. The van der Waals surface area contributed by atoms with Crippen LogP contribution in [0.2, 0.25) is 0 Å². The molecule has 114 valence electrons. The van der Waals surface area contributed by atoms with Crippen LogP contribution in [0.1, 0.15) is 23.6 Å². The quantitative estimate of drug-likeness (QED) is 0.910. The molecule has 1 aliphatic heterocycles. The monoisotopic (exact) mass is 317 g/mol. The van der Waals surface area contributed by atoms with Crippen LogP contribution in [-0.4, -0.2) is 49.8 Å². The Morgan fingerprint density at radius 3 is 2.35 bits per heavy atom. The average Bonchev–Trinajstić information content (AvgIpc) is 2.77. The maximum Gasteiger partial charge on any atom is 0.244 e. The molecule has 0 saturated carbocycles. The standard InChI is InChI=1S/C13H23N3O2S2/c1-9-7-16(8-10(2)15(9)4)20(17,18)13-5-12(6-14)19-11(13)3/h5,9-10H,6-8,14H2,1-4H3. The Hall–Kier alpha value is -0.470. The van der Waals surface area contributed by atoms with Crippen molar-refractivity contribution in [1.29, 1.82) is 0 Å². The van der Waals surface area contributed by atoms with Crippen molar-refractivity contribution in [3.05, 3.63) is 15.8 Å². The van der Waals surface area contributed by atoms with Gasteiger partial charge in [-0.05, 0) is 33.9 Å². The normalized spacial score (nSPS) is 26.1. The fourth-order valence-corrected chi connectivity index (χ4v) is 5.66. The molecule has 2 atom stereocenters. The second-order valence-corrected chi connectivity index (χ2v) is 8.77. The van der Waals surface area contributed by atoms with Gasteiger partial charge in [0.25, 0.3) is 0 Å². The average molecular weight is 317 g/mol. The number of nitrogens with two attached hydrogens (primary N) is 1. The van der Waals surface area contributed by atoms with Crippen molar-refractivity contribution in [3.63, 3.8) is 0 Å². The first-order valence-corrected chi connectivity index (χ1v) is 9.04. The molecule has 5 nitrogen and oxygen atoms in total. The number of likely N-dealkylation sites (N-methyl/N-ethyl adjacent to an activating group) is 1. The molecule has 0 aliphatic carbocycles. The van der Waals surface area contributed by atoms with E-state index in [1.54, 1.807) is 10.4 Å². The molecule has 1 fully saturated rings. The van der Waals surface area contributed by atoms with E-state index in [4.69, 9.17) is 5.73 Å². The summed E-state index contributed by atoms with van der Waals surface area (Å²) in [6.07, 6.45) is 0. The highest BCUT2D eigenvalue weighted by molar-refractivity contribution is 7.89.